The molecule has 0 amide bonds. The number of hydrogen-bond acceptors (Lipinski definition) is 4. The normalized spacial score (nSPS) is 13.0. The highest BCUT2D eigenvalue weighted by Gasteiger charge is 2.25. The van der Waals surface area contributed by atoms with Crippen molar-refractivity contribution in [1.29, 1.82) is 0 Å². The molecule has 5 heteroatoms. The fourth-order valence-electron chi connectivity index (χ4n) is 2.10. The number of aryl methyl sites for hydroxylation is 2. The number of aromatic amines is 1. The van der Waals surface area contributed by atoms with Crippen LogP contribution in [0.2, 0.25) is 0 Å². The van der Waals surface area contributed by atoms with Crippen LogP contribution in [0.5, 0.6) is 0 Å². The van der Waals surface area contributed by atoms with Gasteiger partial charge >= 0.3 is 5.97 Å². The van der Waals surface area contributed by atoms with E-state index in [2.05, 4.69) is 10.2 Å². The summed E-state index contributed by atoms with van der Waals surface area (Å²) in [5, 5.41) is 7.02. The Hall–Kier alpha value is -2.04. The molecule has 17 heavy (non-hydrogen) atoms. The fourth-order valence-corrected chi connectivity index (χ4v) is 2.10. The van der Waals surface area contributed by atoms with E-state index in [0.29, 0.717) is 6.61 Å². The molecular weight excluding hydrogens is 220 g/mol. The Morgan fingerprint density at radius 3 is 3.29 bits per heavy atom. The van der Waals surface area contributed by atoms with Crippen LogP contribution in [0.1, 0.15) is 28.8 Å². The molecule has 0 atom stereocenters. The van der Waals surface area contributed by atoms with Crippen LogP contribution in [-0.4, -0.2) is 22.8 Å². The molecule has 0 radical (unpaired) electrons. The van der Waals surface area contributed by atoms with Crippen LogP contribution in [0.25, 0.3) is 11.3 Å². The van der Waals surface area contributed by atoms with Gasteiger partial charge in [0.25, 0.3) is 0 Å². The molecular formula is C12H12N2O3. The van der Waals surface area contributed by atoms with Crippen molar-refractivity contribution in [2.75, 3.05) is 6.61 Å². The zero-order valence-electron chi connectivity index (χ0n) is 9.45. The number of nitrogens with one attached hydrogen (secondary N) is 1. The van der Waals surface area contributed by atoms with Crippen LogP contribution < -0.4 is 0 Å². The van der Waals surface area contributed by atoms with E-state index in [1.807, 2.05) is 6.20 Å². The lowest BCUT2D eigenvalue weighted by Gasteiger charge is -2.07. The molecule has 0 saturated carbocycles. The molecule has 0 bridgehead atoms. The summed E-state index contributed by atoms with van der Waals surface area (Å²) >= 11 is 0. The van der Waals surface area contributed by atoms with Gasteiger partial charge in [0.2, 0.25) is 5.76 Å². The van der Waals surface area contributed by atoms with Gasteiger partial charge in [-0.05, 0) is 18.9 Å². The molecule has 0 saturated heterocycles. The topological polar surface area (TPSA) is 68.1 Å². The van der Waals surface area contributed by atoms with Crippen molar-refractivity contribution in [3.8, 4) is 11.3 Å². The highest BCUT2D eigenvalue weighted by atomic mass is 16.5. The molecule has 5 nitrogen and oxygen atoms in total. The highest BCUT2D eigenvalue weighted by molar-refractivity contribution is 5.88. The number of nitrogens with zero attached hydrogens (tertiary/aromatic N) is 1. The largest absolute Gasteiger partial charge is 0.460 e. The summed E-state index contributed by atoms with van der Waals surface area (Å²) < 4.78 is 10.4. The van der Waals surface area contributed by atoms with Crippen molar-refractivity contribution in [1.82, 2.24) is 10.2 Å². The van der Waals surface area contributed by atoms with Crippen LogP contribution in [0.3, 0.4) is 0 Å². The Kier molecular flexibility index (Phi) is 2.24. The molecule has 1 aliphatic rings. The van der Waals surface area contributed by atoms with E-state index >= 15 is 0 Å². The summed E-state index contributed by atoms with van der Waals surface area (Å²) in [5.74, 6) is 0.652. The predicted molar refractivity (Wildman–Crippen MR) is 59.7 cm³/mol. The number of esters is 1. The third kappa shape index (κ3) is 1.54. The van der Waals surface area contributed by atoms with Gasteiger partial charge in [-0.2, -0.15) is 5.10 Å². The van der Waals surface area contributed by atoms with Crippen molar-refractivity contribution in [3.63, 3.8) is 0 Å². The number of hydrogen-bond donors (Lipinski definition) is 1. The molecule has 88 valence electrons. The van der Waals surface area contributed by atoms with Gasteiger partial charge in [-0.3, -0.25) is 5.10 Å². The van der Waals surface area contributed by atoms with Crippen molar-refractivity contribution < 1.29 is 13.9 Å². The van der Waals surface area contributed by atoms with Gasteiger partial charge < -0.3 is 9.15 Å². The summed E-state index contributed by atoms with van der Waals surface area (Å²) in [5.41, 5.74) is 2.94. The van der Waals surface area contributed by atoms with E-state index in [4.69, 9.17) is 9.15 Å². The second-order valence-corrected chi connectivity index (χ2v) is 3.93. The van der Waals surface area contributed by atoms with Gasteiger partial charge in [-0.25, -0.2) is 4.79 Å². The summed E-state index contributed by atoms with van der Waals surface area (Å²) in [6, 6.07) is 1.71. The van der Waals surface area contributed by atoms with Gasteiger partial charge in [0, 0.05) is 24.2 Å². The van der Waals surface area contributed by atoms with Gasteiger partial charge in [0.15, 0.2) is 0 Å². The maximum Gasteiger partial charge on any atom is 0.374 e. The maximum absolute atomic E-state index is 11.6. The molecule has 0 aliphatic heterocycles. The number of aromatic nitrogens is 2. The lowest BCUT2D eigenvalue weighted by molar-refractivity contribution is 0.0488. The van der Waals surface area contributed by atoms with Crippen LogP contribution >= 0.6 is 0 Å². The first-order chi connectivity index (χ1) is 8.29. The Bertz CT molecular complexity index is 568. The Balaban J connectivity index is 2.02. The van der Waals surface area contributed by atoms with E-state index in [1.165, 1.54) is 0 Å². The smallest absolute Gasteiger partial charge is 0.374 e. The Morgan fingerprint density at radius 1 is 1.59 bits per heavy atom. The number of fused-ring (bicyclic) bond motifs is 3. The second-order valence-electron chi connectivity index (χ2n) is 3.93. The maximum atomic E-state index is 11.6. The lowest BCUT2D eigenvalue weighted by atomic mass is 9.97. The number of rotatable bonds is 2. The summed E-state index contributed by atoms with van der Waals surface area (Å²) in [6.45, 7) is 2.12. The Morgan fingerprint density at radius 2 is 2.47 bits per heavy atom. The van der Waals surface area contributed by atoms with Crippen molar-refractivity contribution in [2.24, 2.45) is 0 Å². The van der Waals surface area contributed by atoms with E-state index in [9.17, 15) is 4.79 Å². The number of H-pyrrole nitrogens is 1. The highest BCUT2D eigenvalue weighted by Crippen LogP contribution is 2.34. The molecule has 1 aliphatic carbocycles. The number of furan rings is 1. The van der Waals surface area contributed by atoms with Gasteiger partial charge in [0.05, 0.1) is 12.3 Å². The molecule has 2 aromatic rings. The number of ether oxygens (including phenoxy) is 1. The minimum Gasteiger partial charge on any atom is -0.460 e. The molecule has 2 aromatic heterocycles. The summed E-state index contributed by atoms with van der Waals surface area (Å²) in [6.07, 6.45) is 3.56. The molecule has 0 spiro atoms. The molecule has 0 aromatic carbocycles. The molecule has 2 heterocycles. The van der Waals surface area contributed by atoms with Gasteiger partial charge in [0.1, 0.15) is 5.76 Å². The minimum atomic E-state index is -0.418. The predicted octanol–water partition coefficient (Wildman–Crippen LogP) is 1.95. The van der Waals surface area contributed by atoms with Gasteiger partial charge in [-0.15, -0.1) is 0 Å². The first-order valence-corrected chi connectivity index (χ1v) is 5.62. The van der Waals surface area contributed by atoms with E-state index < -0.39 is 5.97 Å². The quantitative estimate of drug-likeness (QED) is 0.803. The summed E-state index contributed by atoms with van der Waals surface area (Å²) in [4.78, 5) is 11.6. The zero-order valence-corrected chi connectivity index (χ0v) is 9.45. The standard InChI is InChI=1S/C12H12N2O3/c1-2-16-12(15)10-5-8-9(17-10)4-3-7-6-13-14-11(7)8/h5-6H,2-4H2,1H3,(H,13,14). The number of carbonyl (C=O) groups excluding carboxylic acids is 1. The minimum absolute atomic E-state index is 0.257. The third-order valence-electron chi connectivity index (χ3n) is 2.88. The monoisotopic (exact) mass is 232 g/mol. The average Bonchev–Trinajstić information content (AvgIpc) is 2.94. The molecule has 3 rings (SSSR count). The summed E-state index contributed by atoms with van der Waals surface area (Å²) in [7, 11) is 0. The third-order valence-corrected chi connectivity index (χ3v) is 2.88. The van der Waals surface area contributed by atoms with Crippen LogP contribution in [0.4, 0.5) is 0 Å². The van der Waals surface area contributed by atoms with E-state index in [-0.39, 0.29) is 5.76 Å². The number of carbonyl (C=O) groups is 1. The first kappa shape index (κ1) is 10.1. The zero-order chi connectivity index (χ0) is 11.8. The van der Waals surface area contributed by atoms with Crippen LogP contribution in [0.15, 0.2) is 16.7 Å². The van der Waals surface area contributed by atoms with E-state index in [1.54, 1.807) is 13.0 Å². The van der Waals surface area contributed by atoms with Crippen molar-refractivity contribution in [3.05, 3.63) is 29.3 Å². The van der Waals surface area contributed by atoms with Crippen molar-refractivity contribution >= 4 is 5.97 Å². The van der Waals surface area contributed by atoms with Crippen LogP contribution in [0, 0.1) is 0 Å². The molecule has 1 N–H and O–H groups in total. The first-order valence-electron chi connectivity index (χ1n) is 5.62. The SMILES string of the molecule is CCOC(=O)c1cc2c(o1)CCc1c[nH]nc1-2. The van der Waals surface area contributed by atoms with Crippen molar-refractivity contribution in [2.45, 2.75) is 19.8 Å². The Labute approximate surface area is 97.8 Å². The van der Waals surface area contributed by atoms with Crippen LogP contribution in [-0.2, 0) is 17.6 Å². The fraction of sp³-hybridized carbons (Fsp3) is 0.333. The second kappa shape index (κ2) is 3.76. The van der Waals surface area contributed by atoms with Gasteiger partial charge in [-0.1, -0.05) is 0 Å². The lowest BCUT2D eigenvalue weighted by Crippen LogP contribution is -2.02. The molecule has 0 unspecified atom stereocenters. The molecule has 0 fully saturated rings. The van der Waals surface area contributed by atoms with E-state index in [0.717, 1.165) is 35.4 Å². The average molecular weight is 232 g/mol.